The van der Waals surface area contributed by atoms with Crippen molar-refractivity contribution in [2.24, 2.45) is 5.73 Å². The maximum absolute atomic E-state index is 11.9. The zero-order chi connectivity index (χ0) is 13.7. The molecule has 5 heteroatoms. The molecule has 1 aromatic heterocycles. The van der Waals surface area contributed by atoms with E-state index >= 15 is 0 Å². The number of para-hydroxylation sites is 1. The Labute approximate surface area is 110 Å². The van der Waals surface area contributed by atoms with Gasteiger partial charge in [-0.05, 0) is 31.5 Å². The summed E-state index contributed by atoms with van der Waals surface area (Å²) in [5, 5.41) is 3.42. The van der Waals surface area contributed by atoms with Crippen molar-refractivity contribution >= 4 is 16.9 Å². The second-order valence-corrected chi connectivity index (χ2v) is 4.24. The van der Waals surface area contributed by atoms with Gasteiger partial charge in [0.05, 0.1) is 0 Å². The van der Waals surface area contributed by atoms with Crippen LogP contribution in [0.1, 0.15) is 23.2 Å². The summed E-state index contributed by atoms with van der Waals surface area (Å²) in [6.07, 6.45) is 1.63. The molecule has 0 radical (unpaired) electrons. The monoisotopic (exact) mass is 260 g/mol. The number of fused-ring (bicyclic) bond motifs is 1. The Morgan fingerprint density at radius 2 is 2.05 bits per heavy atom. The normalized spacial score (nSPS) is 10.6. The van der Waals surface area contributed by atoms with E-state index in [1.165, 1.54) is 0 Å². The predicted molar refractivity (Wildman–Crippen MR) is 73.1 cm³/mol. The highest BCUT2D eigenvalue weighted by atomic mass is 16.4. The number of amides is 1. The van der Waals surface area contributed by atoms with Gasteiger partial charge < -0.3 is 15.5 Å². The largest absolute Gasteiger partial charge is 0.422 e. The molecule has 0 aliphatic heterocycles. The van der Waals surface area contributed by atoms with Crippen LogP contribution in [0, 0.1) is 0 Å². The summed E-state index contributed by atoms with van der Waals surface area (Å²) in [5.74, 6) is -0.406. The first-order chi connectivity index (χ1) is 9.22. The molecule has 0 unspecified atom stereocenters. The van der Waals surface area contributed by atoms with E-state index in [2.05, 4.69) is 5.32 Å². The van der Waals surface area contributed by atoms with Gasteiger partial charge in [-0.3, -0.25) is 4.79 Å². The van der Waals surface area contributed by atoms with E-state index in [1.807, 2.05) is 6.07 Å². The first-order valence-corrected chi connectivity index (χ1v) is 6.23. The quantitative estimate of drug-likeness (QED) is 0.626. The number of hydrogen-bond acceptors (Lipinski definition) is 4. The van der Waals surface area contributed by atoms with E-state index in [-0.39, 0.29) is 5.56 Å². The minimum atomic E-state index is -0.616. The van der Waals surface area contributed by atoms with Crippen LogP contribution in [0.3, 0.4) is 0 Å². The van der Waals surface area contributed by atoms with E-state index in [4.69, 9.17) is 10.2 Å². The SMILES string of the molecule is NCCCCNC(=O)c1cc2ccccc2oc1=O. The minimum absolute atomic E-state index is 0.0337. The number of hydrogen-bond donors (Lipinski definition) is 2. The van der Waals surface area contributed by atoms with Crippen molar-refractivity contribution in [1.82, 2.24) is 5.32 Å². The van der Waals surface area contributed by atoms with Gasteiger partial charge in [0.15, 0.2) is 0 Å². The van der Waals surface area contributed by atoms with Crippen LogP contribution in [0.5, 0.6) is 0 Å². The lowest BCUT2D eigenvalue weighted by Crippen LogP contribution is -2.29. The van der Waals surface area contributed by atoms with Crippen molar-refractivity contribution in [1.29, 1.82) is 0 Å². The molecule has 1 aromatic carbocycles. The van der Waals surface area contributed by atoms with Crippen molar-refractivity contribution in [2.45, 2.75) is 12.8 Å². The molecule has 2 rings (SSSR count). The molecule has 100 valence electrons. The molecule has 0 saturated heterocycles. The fourth-order valence-corrected chi connectivity index (χ4v) is 1.79. The lowest BCUT2D eigenvalue weighted by atomic mass is 10.2. The molecule has 0 atom stereocenters. The molecule has 2 aromatic rings. The van der Waals surface area contributed by atoms with E-state index in [0.29, 0.717) is 18.7 Å². The lowest BCUT2D eigenvalue weighted by Gasteiger charge is -2.04. The van der Waals surface area contributed by atoms with Crippen molar-refractivity contribution < 1.29 is 9.21 Å². The number of carbonyl (C=O) groups excluding carboxylic acids is 1. The van der Waals surface area contributed by atoms with Gasteiger partial charge in [-0.1, -0.05) is 18.2 Å². The third-order valence-electron chi connectivity index (χ3n) is 2.80. The Hall–Kier alpha value is -2.14. The molecular weight excluding hydrogens is 244 g/mol. The summed E-state index contributed by atoms with van der Waals surface area (Å²) in [6.45, 7) is 1.09. The maximum atomic E-state index is 11.9. The van der Waals surface area contributed by atoms with E-state index < -0.39 is 11.5 Å². The predicted octanol–water partition coefficient (Wildman–Crippen LogP) is 1.26. The number of nitrogens with two attached hydrogens (primary N) is 1. The Morgan fingerprint density at radius 3 is 2.84 bits per heavy atom. The Balaban J connectivity index is 2.17. The van der Waals surface area contributed by atoms with Crippen LogP contribution in [0.25, 0.3) is 11.0 Å². The van der Waals surface area contributed by atoms with Gasteiger partial charge in [0.25, 0.3) is 5.91 Å². The molecule has 0 aliphatic rings. The lowest BCUT2D eigenvalue weighted by molar-refractivity contribution is 0.0949. The average Bonchev–Trinajstić information content (AvgIpc) is 2.42. The molecule has 1 heterocycles. The van der Waals surface area contributed by atoms with E-state index in [0.717, 1.165) is 18.2 Å². The molecular formula is C14H16N2O3. The van der Waals surface area contributed by atoms with Gasteiger partial charge >= 0.3 is 5.63 Å². The molecule has 0 fully saturated rings. The molecule has 19 heavy (non-hydrogen) atoms. The van der Waals surface area contributed by atoms with Crippen molar-refractivity contribution in [3.8, 4) is 0 Å². The van der Waals surface area contributed by atoms with Gasteiger partial charge in [0, 0.05) is 11.9 Å². The fourth-order valence-electron chi connectivity index (χ4n) is 1.79. The summed E-state index contributed by atoms with van der Waals surface area (Å²) < 4.78 is 5.10. The fraction of sp³-hybridized carbons (Fsp3) is 0.286. The van der Waals surface area contributed by atoms with Crippen LogP contribution in [-0.4, -0.2) is 19.0 Å². The number of carbonyl (C=O) groups is 1. The Kier molecular flexibility index (Phi) is 4.30. The number of nitrogens with one attached hydrogen (secondary N) is 1. The van der Waals surface area contributed by atoms with Crippen LogP contribution in [-0.2, 0) is 0 Å². The summed E-state index contributed by atoms with van der Waals surface area (Å²) >= 11 is 0. The Bertz CT molecular complexity index is 634. The summed E-state index contributed by atoms with van der Waals surface area (Å²) in [4.78, 5) is 23.6. The summed E-state index contributed by atoms with van der Waals surface area (Å²) in [6, 6.07) is 8.64. The second-order valence-electron chi connectivity index (χ2n) is 4.24. The van der Waals surface area contributed by atoms with Gasteiger partial charge in [-0.25, -0.2) is 4.79 Å². The van der Waals surface area contributed by atoms with Crippen molar-refractivity contribution in [2.75, 3.05) is 13.1 Å². The third kappa shape index (κ3) is 3.20. The molecule has 0 aliphatic carbocycles. The van der Waals surface area contributed by atoms with Gasteiger partial charge in [-0.15, -0.1) is 0 Å². The summed E-state index contributed by atoms with van der Waals surface area (Å²) in [5.41, 5.74) is 5.26. The van der Waals surface area contributed by atoms with Crippen molar-refractivity contribution in [3.05, 3.63) is 46.3 Å². The van der Waals surface area contributed by atoms with Crippen LogP contribution >= 0.6 is 0 Å². The average molecular weight is 260 g/mol. The molecule has 0 bridgehead atoms. The molecule has 5 nitrogen and oxygen atoms in total. The van der Waals surface area contributed by atoms with E-state index in [1.54, 1.807) is 24.3 Å². The molecule has 3 N–H and O–H groups in total. The molecule has 0 saturated carbocycles. The van der Waals surface area contributed by atoms with E-state index in [9.17, 15) is 9.59 Å². The van der Waals surface area contributed by atoms with Gasteiger partial charge in [-0.2, -0.15) is 0 Å². The maximum Gasteiger partial charge on any atom is 0.349 e. The highest BCUT2D eigenvalue weighted by molar-refractivity contribution is 5.96. The number of rotatable bonds is 5. The van der Waals surface area contributed by atoms with Gasteiger partial charge in [0.2, 0.25) is 0 Å². The summed E-state index contributed by atoms with van der Waals surface area (Å²) in [7, 11) is 0. The van der Waals surface area contributed by atoms with Crippen LogP contribution < -0.4 is 16.7 Å². The molecule has 1 amide bonds. The smallest absolute Gasteiger partial charge is 0.349 e. The Morgan fingerprint density at radius 1 is 1.26 bits per heavy atom. The van der Waals surface area contributed by atoms with Crippen LogP contribution in [0.4, 0.5) is 0 Å². The number of benzene rings is 1. The second kappa shape index (κ2) is 6.15. The molecule has 0 spiro atoms. The van der Waals surface area contributed by atoms with Gasteiger partial charge in [0.1, 0.15) is 11.1 Å². The zero-order valence-corrected chi connectivity index (χ0v) is 10.5. The minimum Gasteiger partial charge on any atom is -0.422 e. The highest BCUT2D eigenvalue weighted by Gasteiger charge is 2.12. The van der Waals surface area contributed by atoms with Crippen LogP contribution in [0.2, 0.25) is 0 Å². The first kappa shape index (κ1) is 13.3. The zero-order valence-electron chi connectivity index (χ0n) is 10.5. The highest BCUT2D eigenvalue weighted by Crippen LogP contribution is 2.12. The standard InChI is InChI=1S/C14H16N2O3/c15-7-3-4-8-16-13(17)11-9-10-5-1-2-6-12(10)19-14(11)18/h1-2,5-6,9H,3-4,7-8,15H2,(H,16,17). The third-order valence-corrected chi connectivity index (χ3v) is 2.80. The topological polar surface area (TPSA) is 85.3 Å². The number of unbranched alkanes of at least 4 members (excludes halogenated alkanes) is 1. The van der Waals surface area contributed by atoms with Crippen LogP contribution in [0.15, 0.2) is 39.5 Å². The van der Waals surface area contributed by atoms with Crippen molar-refractivity contribution in [3.63, 3.8) is 0 Å². The first-order valence-electron chi connectivity index (χ1n) is 6.23.